The molecule has 2 unspecified atom stereocenters. The number of para-hydroxylation sites is 1. The van der Waals surface area contributed by atoms with Gasteiger partial charge in [-0.25, -0.2) is 0 Å². The van der Waals surface area contributed by atoms with Crippen LogP contribution in [0.15, 0.2) is 78.9 Å². The van der Waals surface area contributed by atoms with E-state index in [0.29, 0.717) is 12.1 Å². The van der Waals surface area contributed by atoms with Crippen LogP contribution in [-0.2, 0) is 12.8 Å². The molecule has 0 amide bonds. The Morgan fingerprint density at radius 3 is 2.42 bits per heavy atom. The highest BCUT2D eigenvalue weighted by Gasteiger charge is 2.28. The Morgan fingerprint density at radius 1 is 0.846 bits per heavy atom. The molecule has 0 aromatic heterocycles. The van der Waals surface area contributed by atoms with E-state index in [-0.39, 0.29) is 0 Å². The van der Waals surface area contributed by atoms with Crippen LogP contribution in [0.2, 0.25) is 0 Å². The van der Waals surface area contributed by atoms with Gasteiger partial charge in [0, 0.05) is 11.7 Å². The second-order valence-electron chi connectivity index (χ2n) is 7.07. The van der Waals surface area contributed by atoms with Crippen molar-refractivity contribution in [2.24, 2.45) is 0 Å². The zero-order valence-electron chi connectivity index (χ0n) is 15.3. The first kappa shape index (κ1) is 16.9. The van der Waals surface area contributed by atoms with E-state index in [4.69, 9.17) is 0 Å². The Kier molecular flexibility index (Phi) is 5.03. The normalized spacial score (nSPS) is 19.0. The van der Waals surface area contributed by atoms with E-state index in [1.165, 1.54) is 27.9 Å². The molecule has 3 aromatic rings. The molecule has 2 N–H and O–H groups in total. The number of likely N-dealkylation sites (N-methyl/N-ethyl adjacent to an activating group) is 1. The lowest BCUT2D eigenvalue weighted by Crippen LogP contribution is -2.39. The third-order valence-corrected chi connectivity index (χ3v) is 5.45. The molecule has 2 nitrogen and oxygen atoms in total. The first-order valence-electron chi connectivity index (χ1n) is 9.48. The highest BCUT2D eigenvalue weighted by atomic mass is 15.0. The summed E-state index contributed by atoms with van der Waals surface area (Å²) in [4.78, 5) is 0. The molecule has 0 saturated carbocycles. The Balaban J connectivity index is 1.64. The summed E-state index contributed by atoms with van der Waals surface area (Å²) < 4.78 is 0. The van der Waals surface area contributed by atoms with E-state index in [1.54, 1.807) is 0 Å². The van der Waals surface area contributed by atoms with Crippen molar-refractivity contribution in [1.29, 1.82) is 0 Å². The van der Waals surface area contributed by atoms with Crippen molar-refractivity contribution in [3.05, 3.63) is 101 Å². The molecule has 3 aromatic carbocycles. The first-order valence-corrected chi connectivity index (χ1v) is 9.48. The van der Waals surface area contributed by atoms with Crippen LogP contribution in [0.1, 0.15) is 34.7 Å². The van der Waals surface area contributed by atoms with Crippen LogP contribution in [0.4, 0.5) is 5.69 Å². The molecule has 0 fully saturated rings. The third-order valence-electron chi connectivity index (χ3n) is 5.45. The lowest BCUT2D eigenvalue weighted by atomic mass is 9.83. The summed E-state index contributed by atoms with van der Waals surface area (Å²) in [5, 5.41) is 7.39. The van der Waals surface area contributed by atoms with E-state index < -0.39 is 0 Å². The van der Waals surface area contributed by atoms with Crippen molar-refractivity contribution in [1.82, 2.24) is 5.32 Å². The number of anilines is 1. The van der Waals surface area contributed by atoms with Gasteiger partial charge in [-0.2, -0.15) is 0 Å². The summed E-state index contributed by atoms with van der Waals surface area (Å²) in [7, 11) is 2.07. The first-order chi connectivity index (χ1) is 12.8. The van der Waals surface area contributed by atoms with Crippen molar-refractivity contribution >= 4 is 5.69 Å². The zero-order chi connectivity index (χ0) is 17.8. The predicted octanol–water partition coefficient (Wildman–Crippen LogP) is 4.96. The SMILES string of the molecule is CNC1CCc2ccccc2C1Nc1ccccc1Cc1ccccc1. The van der Waals surface area contributed by atoms with Gasteiger partial charge in [-0.3, -0.25) is 0 Å². The van der Waals surface area contributed by atoms with Crippen molar-refractivity contribution in [3.8, 4) is 0 Å². The van der Waals surface area contributed by atoms with Crippen LogP contribution in [0.25, 0.3) is 0 Å². The molecule has 26 heavy (non-hydrogen) atoms. The van der Waals surface area contributed by atoms with Gasteiger partial charge >= 0.3 is 0 Å². The molecule has 0 radical (unpaired) electrons. The second kappa shape index (κ2) is 7.76. The molecule has 4 rings (SSSR count). The largest absolute Gasteiger partial charge is 0.376 e. The highest BCUT2D eigenvalue weighted by molar-refractivity contribution is 5.55. The molecule has 132 valence electrons. The van der Waals surface area contributed by atoms with Gasteiger partial charge in [-0.05, 0) is 54.6 Å². The summed E-state index contributed by atoms with van der Waals surface area (Å²) in [6.07, 6.45) is 3.25. The van der Waals surface area contributed by atoms with Gasteiger partial charge in [0.15, 0.2) is 0 Å². The zero-order valence-corrected chi connectivity index (χ0v) is 15.3. The highest BCUT2D eigenvalue weighted by Crippen LogP contribution is 2.34. The molecule has 0 aliphatic heterocycles. The quantitative estimate of drug-likeness (QED) is 0.684. The molecule has 2 atom stereocenters. The van der Waals surface area contributed by atoms with E-state index >= 15 is 0 Å². The molecule has 0 spiro atoms. The number of rotatable bonds is 5. The van der Waals surface area contributed by atoms with Crippen LogP contribution < -0.4 is 10.6 Å². The van der Waals surface area contributed by atoms with Crippen LogP contribution in [0.5, 0.6) is 0 Å². The lowest BCUT2D eigenvalue weighted by Gasteiger charge is -2.35. The Bertz CT molecular complexity index is 857. The third kappa shape index (κ3) is 3.51. The summed E-state index contributed by atoms with van der Waals surface area (Å²) in [5.41, 5.74) is 6.82. The maximum atomic E-state index is 3.86. The molecule has 0 saturated heterocycles. The fourth-order valence-electron chi connectivity index (χ4n) is 4.05. The average molecular weight is 342 g/mol. The molecule has 1 aliphatic rings. The molecular formula is C24H26N2. The van der Waals surface area contributed by atoms with Crippen molar-refractivity contribution in [3.63, 3.8) is 0 Å². The minimum Gasteiger partial charge on any atom is -0.376 e. The summed E-state index contributed by atoms with van der Waals surface area (Å²) >= 11 is 0. The smallest absolute Gasteiger partial charge is 0.0669 e. The average Bonchev–Trinajstić information content (AvgIpc) is 2.70. The maximum Gasteiger partial charge on any atom is 0.0669 e. The minimum atomic E-state index is 0.293. The van der Waals surface area contributed by atoms with Crippen LogP contribution in [-0.4, -0.2) is 13.1 Å². The van der Waals surface area contributed by atoms with Gasteiger partial charge in [0.2, 0.25) is 0 Å². The number of hydrogen-bond donors (Lipinski definition) is 2. The van der Waals surface area contributed by atoms with Gasteiger partial charge in [0.1, 0.15) is 0 Å². The standard InChI is InChI=1S/C24H26N2/c1-25-23-16-15-19-11-5-7-13-21(19)24(23)26-22-14-8-6-12-20(22)17-18-9-3-2-4-10-18/h2-14,23-26H,15-17H2,1H3. The maximum absolute atomic E-state index is 3.86. The van der Waals surface area contributed by atoms with Crippen molar-refractivity contribution < 1.29 is 0 Å². The topological polar surface area (TPSA) is 24.1 Å². The Morgan fingerprint density at radius 2 is 1.58 bits per heavy atom. The molecule has 2 heteroatoms. The Hall–Kier alpha value is -2.58. The fourth-order valence-corrected chi connectivity index (χ4v) is 4.05. The molecule has 0 bridgehead atoms. The van der Waals surface area contributed by atoms with Gasteiger partial charge in [-0.15, -0.1) is 0 Å². The number of nitrogens with one attached hydrogen (secondary N) is 2. The monoisotopic (exact) mass is 342 g/mol. The lowest BCUT2D eigenvalue weighted by molar-refractivity contribution is 0.439. The van der Waals surface area contributed by atoms with Crippen LogP contribution >= 0.6 is 0 Å². The van der Waals surface area contributed by atoms with E-state index in [1.807, 2.05) is 0 Å². The predicted molar refractivity (Wildman–Crippen MR) is 110 cm³/mol. The van der Waals surface area contributed by atoms with Crippen LogP contribution in [0, 0.1) is 0 Å². The van der Waals surface area contributed by atoms with Gasteiger partial charge in [0.25, 0.3) is 0 Å². The summed E-state index contributed by atoms with van der Waals surface area (Å²) in [5.74, 6) is 0. The van der Waals surface area contributed by atoms with E-state index in [2.05, 4.69) is 96.5 Å². The van der Waals surface area contributed by atoms with Gasteiger partial charge < -0.3 is 10.6 Å². The van der Waals surface area contributed by atoms with E-state index in [9.17, 15) is 0 Å². The van der Waals surface area contributed by atoms with Crippen molar-refractivity contribution in [2.45, 2.75) is 31.3 Å². The minimum absolute atomic E-state index is 0.293. The van der Waals surface area contributed by atoms with Crippen molar-refractivity contribution in [2.75, 3.05) is 12.4 Å². The Labute approximate surface area is 156 Å². The fraction of sp³-hybridized carbons (Fsp3) is 0.250. The number of hydrogen-bond acceptors (Lipinski definition) is 2. The van der Waals surface area contributed by atoms with Crippen LogP contribution in [0.3, 0.4) is 0 Å². The summed E-state index contributed by atoms with van der Waals surface area (Å²) in [6, 6.07) is 29.0. The molecular weight excluding hydrogens is 316 g/mol. The number of fused-ring (bicyclic) bond motifs is 1. The van der Waals surface area contributed by atoms with Gasteiger partial charge in [-0.1, -0.05) is 72.8 Å². The van der Waals surface area contributed by atoms with Gasteiger partial charge in [0.05, 0.1) is 6.04 Å². The number of benzene rings is 3. The van der Waals surface area contributed by atoms with E-state index in [0.717, 1.165) is 19.3 Å². The molecule has 1 aliphatic carbocycles. The molecule has 0 heterocycles. The number of aryl methyl sites for hydroxylation is 1. The second-order valence-corrected chi connectivity index (χ2v) is 7.07. The summed E-state index contributed by atoms with van der Waals surface area (Å²) in [6.45, 7) is 0.